The Bertz CT molecular complexity index is 605. The van der Waals surface area contributed by atoms with Gasteiger partial charge in [0, 0.05) is 29.6 Å². The zero-order valence-corrected chi connectivity index (χ0v) is 10.3. The smallest absolute Gasteiger partial charge is 0.332 e. The third-order valence-electron chi connectivity index (χ3n) is 2.60. The Kier molecular flexibility index (Phi) is 3.80. The molecule has 1 aliphatic rings. The van der Waals surface area contributed by atoms with E-state index in [1.807, 2.05) is 22.6 Å². The molecular formula is C11H10Cl2N2O2. The van der Waals surface area contributed by atoms with Crippen molar-refractivity contribution in [2.24, 2.45) is 0 Å². The summed E-state index contributed by atoms with van der Waals surface area (Å²) in [6.45, 7) is 0. The van der Waals surface area contributed by atoms with Gasteiger partial charge in [0.2, 0.25) is 0 Å². The molecule has 0 atom stereocenters. The largest absolute Gasteiger partial charge is 0.478 e. The number of hydrogen-bond acceptors (Lipinski definition) is 2. The van der Waals surface area contributed by atoms with E-state index in [1.165, 1.54) is 0 Å². The minimum Gasteiger partial charge on any atom is -0.478 e. The van der Waals surface area contributed by atoms with E-state index in [4.69, 9.17) is 5.11 Å². The maximum atomic E-state index is 10.9. The van der Waals surface area contributed by atoms with Crippen molar-refractivity contribution >= 4 is 42.5 Å². The summed E-state index contributed by atoms with van der Waals surface area (Å²) in [5.74, 6) is -0.862. The average Bonchev–Trinajstić information content (AvgIpc) is 2.64. The summed E-state index contributed by atoms with van der Waals surface area (Å²) in [6.07, 6.45) is 3.87. The van der Waals surface area contributed by atoms with Gasteiger partial charge in [-0.2, -0.15) is 0 Å². The van der Waals surface area contributed by atoms with Crippen LogP contribution in [0.1, 0.15) is 11.4 Å². The maximum Gasteiger partial charge on any atom is 0.332 e. The van der Waals surface area contributed by atoms with Gasteiger partial charge in [-0.3, -0.25) is 4.40 Å². The molecule has 2 aromatic rings. The molecule has 2 aromatic heterocycles. The Hall–Kier alpha value is -1.52. The summed E-state index contributed by atoms with van der Waals surface area (Å²) in [5.41, 5.74) is 3.09. The van der Waals surface area contributed by atoms with Crippen molar-refractivity contribution in [3.63, 3.8) is 0 Å². The molecule has 0 unspecified atom stereocenters. The van der Waals surface area contributed by atoms with Crippen LogP contribution in [0.2, 0.25) is 0 Å². The lowest BCUT2D eigenvalue weighted by atomic mass is 10.1. The van der Waals surface area contributed by atoms with E-state index in [1.54, 1.807) is 12.3 Å². The van der Waals surface area contributed by atoms with E-state index in [-0.39, 0.29) is 24.8 Å². The van der Waals surface area contributed by atoms with Crippen molar-refractivity contribution in [2.75, 3.05) is 0 Å². The van der Waals surface area contributed by atoms with Gasteiger partial charge in [-0.1, -0.05) is 6.07 Å². The first-order chi connectivity index (χ1) is 7.25. The summed E-state index contributed by atoms with van der Waals surface area (Å²) >= 11 is 0. The van der Waals surface area contributed by atoms with Gasteiger partial charge < -0.3 is 5.11 Å². The highest BCUT2D eigenvalue weighted by Gasteiger charge is 2.17. The first-order valence-corrected chi connectivity index (χ1v) is 4.65. The molecule has 0 bridgehead atoms. The second-order valence-corrected chi connectivity index (χ2v) is 3.55. The number of nitrogens with zero attached hydrogens (tertiary/aromatic N) is 2. The summed E-state index contributed by atoms with van der Waals surface area (Å²) in [4.78, 5) is 15.1. The van der Waals surface area contributed by atoms with Crippen LogP contribution in [0.25, 0.3) is 11.7 Å². The lowest BCUT2D eigenvalue weighted by Crippen LogP contribution is -2.11. The highest BCUT2D eigenvalue weighted by molar-refractivity contribution is 5.93. The van der Waals surface area contributed by atoms with Gasteiger partial charge in [0.05, 0.1) is 0 Å². The summed E-state index contributed by atoms with van der Waals surface area (Å²) in [6, 6.07) is 5.68. The fourth-order valence-electron chi connectivity index (χ4n) is 1.93. The van der Waals surface area contributed by atoms with Crippen LogP contribution in [-0.4, -0.2) is 20.5 Å². The Morgan fingerprint density at radius 1 is 1.35 bits per heavy atom. The van der Waals surface area contributed by atoms with Crippen LogP contribution in [0.15, 0.2) is 30.0 Å². The molecule has 6 heteroatoms. The molecule has 0 saturated heterocycles. The molecule has 17 heavy (non-hydrogen) atoms. The van der Waals surface area contributed by atoms with E-state index in [2.05, 4.69) is 4.98 Å². The molecule has 3 heterocycles. The maximum absolute atomic E-state index is 10.9. The average molecular weight is 273 g/mol. The highest BCUT2D eigenvalue weighted by atomic mass is 35.5. The molecule has 3 rings (SSSR count). The number of aromatic nitrogens is 2. The van der Waals surface area contributed by atoms with Crippen LogP contribution in [0.5, 0.6) is 0 Å². The molecule has 0 aliphatic carbocycles. The second-order valence-electron chi connectivity index (χ2n) is 3.55. The van der Waals surface area contributed by atoms with Crippen LogP contribution in [0.4, 0.5) is 0 Å². The van der Waals surface area contributed by atoms with Crippen LogP contribution in [0.3, 0.4) is 0 Å². The molecule has 1 aliphatic heterocycles. The Labute approximate surface area is 110 Å². The monoisotopic (exact) mass is 272 g/mol. The zero-order valence-electron chi connectivity index (χ0n) is 8.66. The number of pyridine rings is 1. The molecule has 1 N–H and O–H groups in total. The van der Waals surface area contributed by atoms with Gasteiger partial charge in [-0.15, -0.1) is 24.8 Å². The predicted octanol–water partition coefficient (Wildman–Crippen LogP) is 2.20. The first kappa shape index (κ1) is 13.5. The SMILES string of the molecule is Cl.Cl.O=C(O)C1=Cc2cccc3ncc(n23)C1. The van der Waals surface area contributed by atoms with Crippen molar-refractivity contribution in [1.29, 1.82) is 0 Å². The van der Waals surface area contributed by atoms with E-state index >= 15 is 0 Å². The number of hydrogen-bond donors (Lipinski definition) is 1. The zero-order chi connectivity index (χ0) is 10.4. The quantitative estimate of drug-likeness (QED) is 0.866. The molecule has 0 amide bonds. The summed E-state index contributed by atoms with van der Waals surface area (Å²) in [5, 5.41) is 8.96. The summed E-state index contributed by atoms with van der Waals surface area (Å²) < 4.78 is 1.98. The Morgan fingerprint density at radius 2 is 2.12 bits per heavy atom. The Morgan fingerprint density at radius 3 is 2.82 bits per heavy atom. The fourth-order valence-corrected chi connectivity index (χ4v) is 1.93. The summed E-state index contributed by atoms with van der Waals surface area (Å²) in [7, 11) is 0. The third-order valence-corrected chi connectivity index (χ3v) is 2.60. The van der Waals surface area contributed by atoms with Gasteiger partial charge in [-0.25, -0.2) is 9.78 Å². The van der Waals surface area contributed by atoms with Gasteiger partial charge in [0.1, 0.15) is 5.65 Å². The van der Waals surface area contributed by atoms with Crippen molar-refractivity contribution < 1.29 is 9.90 Å². The Balaban J connectivity index is 0.000000722. The van der Waals surface area contributed by atoms with E-state index in [0.717, 1.165) is 17.0 Å². The van der Waals surface area contributed by atoms with Crippen LogP contribution in [-0.2, 0) is 11.2 Å². The van der Waals surface area contributed by atoms with Crippen LogP contribution < -0.4 is 0 Å². The lowest BCUT2D eigenvalue weighted by molar-refractivity contribution is -0.132. The number of carboxylic acid groups (broad SMARTS) is 1. The van der Waals surface area contributed by atoms with E-state index < -0.39 is 5.97 Å². The fraction of sp³-hybridized carbons (Fsp3) is 0.0909. The lowest BCUT2D eigenvalue weighted by Gasteiger charge is -2.12. The van der Waals surface area contributed by atoms with Crippen molar-refractivity contribution in [1.82, 2.24) is 9.38 Å². The first-order valence-electron chi connectivity index (χ1n) is 4.65. The van der Waals surface area contributed by atoms with E-state index in [9.17, 15) is 4.79 Å². The standard InChI is InChI=1S/C11H8N2O2.2ClH/c14-11(15)7-4-8-2-1-3-10-12-6-9(5-7)13(8)10;;/h1-4,6H,5H2,(H,14,15);2*1H. The van der Waals surface area contributed by atoms with Gasteiger partial charge in [-0.05, 0) is 18.2 Å². The highest BCUT2D eigenvalue weighted by Crippen LogP contribution is 2.22. The number of aliphatic carboxylic acids is 1. The molecule has 0 spiro atoms. The minimum atomic E-state index is -0.862. The molecule has 0 saturated carbocycles. The molecule has 0 aromatic carbocycles. The topological polar surface area (TPSA) is 54.6 Å². The molecule has 4 nitrogen and oxygen atoms in total. The van der Waals surface area contributed by atoms with Crippen molar-refractivity contribution in [2.45, 2.75) is 6.42 Å². The molecule has 90 valence electrons. The third kappa shape index (κ3) is 2.01. The normalized spacial score (nSPS) is 12.4. The number of imidazole rings is 1. The van der Waals surface area contributed by atoms with Crippen LogP contribution in [0, 0.1) is 0 Å². The number of carboxylic acids is 1. The molecule has 0 fully saturated rings. The van der Waals surface area contributed by atoms with Gasteiger partial charge >= 0.3 is 5.97 Å². The number of carbonyl (C=O) groups is 1. The van der Waals surface area contributed by atoms with Gasteiger partial charge in [0.15, 0.2) is 0 Å². The van der Waals surface area contributed by atoms with Gasteiger partial charge in [0.25, 0.3) is 0 Å². The predicted molar refractivity (Wildman–Crippen MR) is 69.0 cm³/mol. The molecular weight excluding hydrogens is 263 g/mol. The number of rotatable bonds is 1. The van der Waals surface area contributed by atoms with Crippen molar-refractivity contribution in [3.8, 4) is 0 Å². The minimum absolute atomic E-state index is 0. The van der Waals surface area contributed by atoms with Crippen LogP contribution >= 0.6 is 24.8 Å². The van der Waals surface area contributed by atoms with Crippen molar-refractivity contribution in [3.05, 3.63) is 41.4 Å². The van der Waals surface area contributed by atoms with E-state index in [0.29, 0.717) is 12.0 Å². The number of halogens is 2. The second kappa shape index (κ2) is 4.77. The molecule has 0 radical (unpaired) electrons.